The number of carbonyl (C=O) groups is 1. The van der Waals surface area contributed by atoms with E-state index in [-0.39, 0.29) is 18.1 Å². The summed E-state index contributed by atoms with van der Waals surface area (Å²) in [5.41, 5.74) is 2.26. The molecule has 0 spiro atoms. The molecule has 0 unspecified atom stereocenters. The van der Waals surface area contributed by atoms with E-state index >= 15 is 0 Å². The molecular formula is C19H25FN4O3. The first kappa shape index (κ1) is 19.3. The first-order valence-corrected chi connectivity index (χ1v) is 8.87. The van der Waals surface area contributed by atoms with Crippen LogP contribution in [0, 0.1) is 5.82 Å². The van der Waals surface area contributed by atoms with Gasteiger partial charge in [-0.1, -0.05) is 0 Å². The summed E-state index contributed by atoms with van der Waals surface area (Å²) in [5.74, 6) is 0.228. The minimum atomic E-state index is -0.922. The first-order valence-electron chi connectivity index (χ1n) is 8.87. The van der Waals surface area contributed by atoms with Crippen LogP contribution >= 0.6 is 0 Å². The number of aromatic nitrogens is 2. The van der Waals surface area contributed by atoms with Gasteiger partial charge in [0.05, 0.1) is 31.5 Å². The number of aliphatic hydroxyl groups excluding tert-OH is 1. The van der Waals surface area contributed by atoms with E-state index in [1.165, 1.54) is 17.0 Å². The quantitative estimate of drug-likeness (QED) is 0.829. The van der Waals surface area contributed by atoms with Crippen LogP contribution in [0.1, 0.15) is 29.5 Å². The molecule has 3 rings (SSSR count). The standard InChI is InChI=1S/C19H25FN4O3/c1-22(2)19(26)10-17(25)16-9-15-12-23(6-7-24(15)21-16)11-13-8-14(20)4-5-18(13)27-3/h4-5,8-9,17,25H,6-7,10-12H2,1-3H3/t17-/m0/s1. The van der Waals surface area contributed by atoms with Crippen LogP contribution in [0.4, 0.5) is 4.39 Å². The summed E-state index contributed by atoms with van der Waals surface area (Å²) in [7, 11) is 4.89. The van der Waals surface area contributed by atoms with Crippen molar-refractivity contribution in [1.82, 2.24) is 19.6 Å². The number of hydrogen-bond donors (Lipinski definition) is 1. The Labute approximate surface area is 157 Å². The summed E-state index contributed by atoms with van der Waals surface area (Å²) < 4.78 is 20.8. The Morgan fingerprint density at radius 2 is 2.15 bits per heavy atom. The minimum absolute atomic E-state index is 0.00760. The highest BCUT2D eigenvalue weighted by Gasteiger charge is 2.23. The first-order chi connectivity index (χ1) is 12.9. The SMILES string of the molecule is COc1ccc(F)cc1CN1CCn2nc([C@@H](O)CC(=O)N(C)C)cc2C1. The number of hydrogen-bond acceptors (Lipinski definition) is 5. The van der Waals surface area contributed by atoms with E-state index < -0.39 is 6.10 Å². The summed E-state index contributed by atoms with van der Waals surface area (Å²) >= 11 is 0. The van der Waals surface area contributed by atoms with E-state index in [1.807, 2.05) is 10.7 Å². The van der Waals surface area contributed by atoms with Gasteiger partial charge in [-0.3, -0.25) is 14.4 Å². The fraction of sp³-hybridized carbons (Fsp3) is 0.474. The zero-order valence-corrected chi connectivity index (χ0v) is 15.9. The zero-order chi connectivity index (χ0) is 19.6. The summed E-state index contributed by atoms with van der Waals surface area (Å²) in [4.78, 5) is 15.4. The number of rotatable bonds is 6. The van der Waals surface area contributed by atoms with Gasteiger partial charge in [-0.25, -0.2) is 4.39 Å². The number of carbonyl (C=O) groups excluding carboxylic acids is 1. The Bertz CT molecular complexity index is 821. The number of benzene rings is 1. The van der Waals surface area contributed by atoms with E-state index in [9.17, 15) is 14.3 Å². The van der Waals surface area contributed by atoms with Gasteiger partial charge >= 0.3 is 0 Å². The van der Waals surface area contributed by atoms with Crippen molar-refractivity contribution in [2.24, 2.45) is 0 Å². The molecule has 0 radical (unpaired) electrons. The maximum atomic E-state index is 13.6. The molecule has 0 aliphatic carbocycles. The van der Waals surface area contributed by atoms with Crippen LogP contribution in [0.5, 0.6) is 5.75 Å². The predicted octanol–water partition coefficient (Wildman–Crippen LogP) is 1.56. The molecule has 1 aliphatic heterocycles. The van der Waals surface area contributed by atoms with Crippen molar-refractivity contribution < 1.29 is 19.0 Å². The zero-order valence-electron chi connectivity index (χ0n) is 15.9. The summed E-state index contributed by atoms with van der Waals surface area (Å²) in [6.45, 7) is 2.60. The molecule has 0 fully saturated rings. The van der Waals surface area contributed by atoms with Crippen molar-refractivity contribution in [3.8, 4) is 5.75 Å². The molecule has 2 aromatic rings. The largest absolute Gasteiger partial charge is 0.496 e. The molecule has 1 aromatic carbocycles. The van der Waals surface area contributed by atoms with Gasteiger partial charge in [-0.05, 0) is 24.3 Å². The fourth-order valence-corrected chi connectivity index (χ4v) is 3.20. The number of fused-ring (bicyclic) bond motifs is 1. The lowest BCUT2D eigenvalue weighted by Crippen LogP contribution is -2.33. The highest BCUT2D eigenvalue weighted by molar-refractivity contribution is 5.76. The topological polar surface area (TPSA) is 70.8 Å². The molecule has 0 saturated heterocycles. The molecule has 27 heavy (non-hydrogen) atoms. The van der Waals surface area contributed by atoms with Gasteiger partial charge in [0.15, 0.2) is 0 Å². The van der Waals surface area contributed by atoms with E-state index in [0.717, 1.165) is 17.8 Å². The second kappa shape index (κ2) is 8.06. The van der Waals surface area contributed by atoms with Crippen LogP contribution in [-0.2, 0) is 24.4 Å². The average Bonchev–Trinajstić information content (AvgIpc) is 3.05. The fourth-order valence-electron chi connectivity index (χ4n) is 3.20. The van der Waals surface area contributed by atoms with Gasteiger partial charge in [0.2, 0.25) is 5.91 Å². The Kier molecular flexibility index (Phi) is 5.76. The number of halogens is 1. The lowest BCUT2D eigenvalue weighted by molar-refractivity contribution is -0.130. The third-order valence-electron chi connectivity index (χ3n) is 4.74. The van der Waals surface area contributed by atoms with Gasteiger partial charge in [-0.2, -0.15) is 5.10 Å². The van der Waals surface area contributed by atoms with Crippen LogP contribution in [0.2, 0.25) is 0 Å². The molecular weight excluding hydrogens is 351 g/mol. The third-order valence-corrected chi connectivity index (χ3v) is 4.74. The third kappa shape index (κ3) is 4.45. The average molecular weight is 376 g/mol. The van der Waals surface area contributed by atoms with Gasteiger partial charge in [0.25, 0.3) is 0 Å². The lowest BCUT2D eigenvalue weighted by atomic mass is 10.1. The van der Waals surface area contributed by atoms with Crippen LogP contribution < -0.4 is 4.74 Å². The molecule has 146 valence electrons. The van der Waals surface area contributed by atoms with E-state index in [0.29, 0.717) is 31.1 Å². The molecule has 0 bridgehead atoms. The van der Waals surface area contributed by atoms with E-state index in [1.54, 1.807) is 27.3 Å². The number of amides is 1. The summed E-state index contributed by atoms with van der Waals surface area (Å²) in [6, 6.07) is 6.35. The molecule has 1 N–H and O–H groups in total. The van der Waals surface area contributed by atoms with Gasteiger partial charge in [-0.15, -0.1) is 0 Å². The van der Waals surface area contributed by atoms with E-state index in [4.69, 9.17) is 4.74 Å². The number of nitrogens with zero attached hydrogens (tertiary/aromatic N) is 4. The molecule has 1 amide bonds. The summed E-state index contributed by atoms with van der Waals surface area (Å²) in [5, 5.41) is 14.7. The van der Waals surface area contributed by atoms with Crippen LogP contribution in [0.25, 0.3) is 0 Å². The monoisotopic (exact) mass is 376 g/mol. The van der Waals surface area contributed by atoms with Crippen molar-refractivity contribution in [2.45, 2.75) is 32.2 Å². The van der Waals surface area contributed by atoms with Crippen molar-refractivity contribution in [3.05, 3.63) is 47.0 Å². The lowest BCUT2D eigenvalue weighted by Gasteiger charge is -2.28. The van der Waals surface area contributed by atoms with Crippen LogP contribution in [0.15, 0.2) is 24.3 Å². The smallest absolute Gasteiger partial charge is 0.225 e. The second-order valence-electron chi connectivity index (χ2n) is 6.96. The Balaban J connectivity index is 1.69. The van der Waals surface area contributed by atoms with Crippen molar-refractivity contribution in [2.75, 3.05) is 27.7 Å². The Hall–Kier alpha value is -2.45. The minimum Gasteiger partial charge on any atom is -0.496 e. The van der Waals surface area contributed by atoms with Gasteiger partial charge < -0.3 is 14.7 Å². The number of methoxy groups -OCH3 is 1. The molecule has 1 aromatic heterocycles. The van der Waals surface area contributed by atoms with Crippen LogP contribution in [-0.4, -0.2) is 58.3 Å². The van der Waals surface area contributed by atoms with Crippen molar-refractivity contribution in [1.29, 1.82) is 0 Å². The van der Waals surface area contributed by atoms with Gasteiger partial charge in [0, 0.05) is 39.3 Å². The molecule has 8 heteroatoms. The highest BCUT2D eigenvalue weighted by atomic mass is 19.1. The van der Waals surface area contributed by atoms with Crippen molar-refractivity contribution >= 4 is 5.91 Å². The maximum Gasteiger partial charge on any atom is 0.225 e. The normalized spacial score (nSPS) is 15.3. The molecule has 0 saturated carbocycles. The Morgan fingerprint density at radius 3 is 2.85 bits per heavy atom. The second-order valence-corrected chi connectivity index (χ2v) is 6.96. The summed E-state index contributed by atoms with van der Waals surface area (Å²) in [6.07, 6.45) is -0.914. The van der Waals surface area contributed by atoms with Gasteiger partial charge in [0.1, 0.15) is 17.7 Å². The molecule has 1 atom stereocenters. The molecule has 7 nitrogen and oxygen atoms in total. The van der Waals surface area contributed by atoms with Crippen LogP contribution in [0.3, 0.4) is 0 Å². The molecule has 2 heterocycles. The molecule has 1 aliphatic rings. The predicted molar refractivity (Wildman–Crippen MR) is 97.6 cm³/mol. The Morgan fingerprint density at radius 1 is 1.37 bits per heavy atom. The number of aliphatic hydroxyl groups is 1. The van der Waals surface area contributed by atoms with E-state index in [2.05, 4.69) is 10.00 Å². The maximum absolute atomic E-state index is 13.6. The number of ether oxygens (including phenoxy) is 1. The highest BCUT2D eigenvalue weighted by Crippen LogP contribution is 2.25. The van der Waals surface area contributed by atoms with Crippen molar-refractivity contribution in [3.63, 3.8) is 0 Å².